The van der Waals surface area contributed by atoms with Crippen molar-refractivity contribution in [1.29, 1.82) is 0 Å². The fraction of sp³-hybridized carbons (Fsp3) is 1.00. The Kier molecular flexibility index (Phi) is 7.90. The molecule has 0 aliphatic heterocycles. The lowest BCUT2D eigenvalue weighted by Crippen LogP contribution is -2.58. The maximum atomic E-state index is 8.65. The van der Waals surface area contributed by atoms with E-state index in [2.05, 4.69) is 5.32 Å². The number of nitrogens with one attached hydrogen (secondary N) is 1. The summed E-state index contributed by atoms with van der Waals surface area (Å²) in [5, 5.41) is 11.9. The van der Waals surface area contributed by atoms with Crippen molar-refractivity contribution >= 4 is 0 Å². The Balaban J connectivity index is 4.05. The Hall–Kier alpha value is -0.200. The molecule has 1 unspecified atom stereocenters. The molecular formula is C10H24N2O3. The van der Waals surface area contributed by atoms with Gasteiger partial charge in [-0.3, -0.25) is 0 Å². The molecule has 0 aromatic carbocycles. The number of aliphatic hydroxyl groups is 1. The van der Waals surface area contributed by atoms with Gasteiger partial charge in [-0.2, -0.15) is 0 Å². The van der Waals surface area contributed by atoms with Crippen LogP contribution < -0.4 is 11.1 Å². The Morgan fingerprint density at radius 1 is 1.33 bits per heavy atom. The first-order valence-corrected chi connectivity index (χ1v) is 5.26. The quantitative estimate of drug-likeness (QED) is 0.367. The lowest BCUT2D eigenvalue weighted by atomic mass is 10.0. The summed E-state index contributed by atoms with van der Waals surface area (Å²) < 4.78 is 10.4. The van der Waals surface area contributed by atoms with Crippen LogP contribution in [0.25, 0.3) is 0 Å². The molecule has 0 rings (SSSR count). The van der Waals surface area contributed by atoms with Gasteiger partial charge in [0.05, 0.1) is 5.54 Å². The summed E-state index contributed by atoms with van der Waals surface area (Å²) in [4.78, 5) is 0. The number of methoxy groups -OCH3 is 2. The van der Waals surface area contributed by atoms with Gasteiger partial charge in [0.15, 0.2) is 6.29 Å². The van der Waals surface area contributed by atoms with Crippen molar-refractivity contribution in [1.82, 2.24) is 5.32 Å². The fourth-order valence-corrected chi connectivity index (χ4v) is 1.48. The zero-order valence-corrected chi connectivity index (χ0v) is 9.95. The Morgan fingerprint density at radius 2 is 1.93 bits per heavy atom. The van der Waals surface area contributed by atoms with Crippen LogP contribution in [0, 0.1) is 0 Å². The fourth-order valence-electron chi connectivity index (χ4n) is 1.48. The van der Waals surface area contributed by atoms with Crippen molar-refractivity contribution in [3.8, 4) is 0 Å². The van der Waals surface area contributed by atoms with Crippen molar-refractivity contribution in [3.63, 3.8) is 0 Å². The Bertz CT molecular complexity index is 154. The first kappa shape index (κ1) is 14.8. The molecule has 0 heterocycles. The zero-order chi connectivity index (χ0) is 11.7. The third-order valence-corrected chi connectivity index (χ3v) is 2.49. The van der Waals surface area contributed by atoms with Gasteiger partial charge < -0.3 is 25.6 Å². The molecule has 0 aliphatic rings. The summed E-state index contributed by atoms with van der Waals surface area (Å²) in [7, 11) is 3.19. The second kappa shape index (κ2) is 8.01. The van der Waals surface area contributed by atoms with Gasteiger partial charge in [-0.05, 0) is 26.3 Å². The van der Waals surface area contributed by atoms with Gasteiger partial charge in [-0.1, -0.05) is 0 Å². The second-order valence-electron chi connectivity index (χ2n) is 3.78. The van der Waals surface area contributed by atoms with Crippen LogP contribution in [0.3, 0.4) is 0 Å². The molecule has 1 atom stereocenters. The molecule has 0 saturated carbocycles. The third-order valence-electron chi connectivity index (χ3n) is 2.49. The highest BCUT2D eigenvalue weighted by Crippen LogP contribution is 2.12. The monoisotopic (exact) mass is 220 g/mol. The van der Waals surface area contributed by atoms with Crippen molar-refractivity contribution in [2.45, 2.75) is 31.6 Å². The first-order valence-electron chi connectivity index (χ1n) is 5.26. The van der Waals surface area contributed by atoms with Crippen molar-refractivity contribution < 1.29 is 14.6 Å². The van der Waals surface area contributed by atoms with Crippen LogP contribution in [0.2, 0.25) is 0 Å². The van der Waals surface area contributed by atoms with Crippen LogP contribution in [0.1, 0.15) is 19.8 Å². The molecule has 0 radical (unpaired) electrons. The van der Waals surface area contributed by atoms with Crippen LogP contribution in [0.4, 0.5) is 0 Å². The van der Waals surface area contributed by atoms with Gasteiger partial charge in [0, 0.05) is 27.4 Å². The summed E-state index contributed by atoms with van der Waals surface area (Å²) in [5.41, 5.74) is 5.31. The van der Waals surface area contributed by atoms with E-state index in [9.17, 15) is 0 Å². The van der Waals surface area contributed by atoms with Crippen molar-refractivity contribution in [3.05, 3.63) is 0 Å². The van der Waals surface area contributed by atoms with E-state index in [1.807, 2.05) is 6.92 Å². The molecular weight excluding hydrogens is 196 g/mol. The average molecular weight is 220 g/mol. The minimum atomic E-state index is -0.390. The molecule has 92 valence electrons. The summed E-state index contributed by atoms with van der Waals surface area (Å²) in [5.74, 6) is 0. The van der Waals surface area contributed by atoms with Gasteiger partial charge in [-0.25, -0.2) is 0 Å². The van der Waals surface area contributed by atoms with E-state index in [1.165, 1.54) is 0 Å². The number of aliphatic hydroxyl groups excluding tert-OH is 1. The molecule has 0 saturated heterocycles. The minimum Gasteiger partial charge on any atom is -0.396 e. The predicted octanol–water partition coefficient (Wildman–Crippen LogP) is -0.315. The molecule has 15 heavy (non-hydrogen) atoms. The van der Waals surface area contributed by atoms with Gasteiger partial charge >= 0.3 is 0 Å². The van der Waals surface area contributed by atoms with E-state index in [4.69, 9.17) is 20.3 Å². The van der Waals surface area contributed by atoms with Crippen LogP contribution in [-0.2, 0) is 9.47 Å². The van der Waals surface area contributed by atoms with Gasteiger partial charge in [0.1, 0.15) is 0 Å². The summed E-state index contributed by atoms with van der Waals surface area (Å²) in [6.07, 6.45) is 1.33. The molecule has 5 heteroatoms. The number of unbranched alkanes of at least 4 members (excludes halogenated alkanes) is 1. The number of ether oxygens (including phenoxy) is 2. The lowest BCUT2D eigenvalue weighted by Gasteiger charge is -2.35. The highest BCUT2D eigenvalue weighted by Gasteiger charge is 2.32. The van der Waals surface area contributed by atoms with E-state index < -0.39 is 0 Å². The van der Waals surface area contributed by atoms with E-state index in [0.717, 1.165) is 19.4 Å². The minimum absolute atomic E-state index is 0.221. The molecule has 0 aliphatic carbocycles. The summed E-state index contributed by atoms with van der Waals surface area (Å²) >= 11 is 0. The molecule has 0 amide bonds. The van der Waals surface area contributed by atoms with E-state index in [1.54, 1.807) is 14.2 Å². The molecule has 5 nitrogen and oxygen atoms in total. The van der Waals surface area contributed by atoms with Gasteiger partial charge in [0.25, 0.3) is 0 Å². The average Bonchev–Trinajstić information content (AvgIpc) is 2.26. The summed E-state index contributed by atoms with van der Waals surface area (Å²) in [6.45, 7) is 3.40. The van der Waals surface area contributed by atoms with E-state index in [-0.39, 0.29) is 18.4 Å². The Labute approximate surface area is 91.9 Å². The molecule has 0 spiro atoms. The molecule has 0 aromatic heterocycles. The molecule has 0 bridgehead atoms. The summed E-state index contributed by atoms with van der Waals surface area (Å²) in [6, 6.07) is 0. The van der Waals surface area contributed by atoms with E-state index >= 15 is 0 Å². The number of rotatable bonds is 9. The van der Waals surface area contributed by atoms with Crippen molar-refractivity contribution in [2.24, 2.45) is 5.73 Å². The highest BCUT2D eigenvalue weighted by molar-refractivity contribution is 4.87. The lowest BCUT2D eigenvalue weighted by molar-refractivity contribution is -0.149. The number of hydrogen-bond acceptors (Lipinski definition) is 5. The number of nitrogens with two attached hydrogens (primary N) is 1. The normalized spacial score (nSPS) is 15.6. The number of hydrogen-bond donors (Lipinski definition) is 3. The second-order valence-corrected chi connectivity index (χ2v) is 3.78. The maximum absolute atomic E-state index is 8.65. The van der Waals surface area contributed by atoms with Crippen LogP contribution in [0.5, 0.6) is 0 Å². The van der Waals surface area contributed by atoms with Gasteiger partial charge in [0.2, 0.25) is 0 Å². The van der Waals surface area contributed by atoms with Crippen molar-refractivity contribution in [2.75, 3.05) is 33.9 Å². The Morgan fingerprint density at radius 3 is 2.33 bits per heavy atom. The smallest absolute Gasteiger partial charge is 0.175 e. The van der Waals surface area contributed by atoms with Crippen LogP contribution >= 0.6 is 0 Å². The SMILES string of the molecule is COC(OC)C(C)(CN)NCCCCO. The van der Waals surface area contributed by atoms with E-state index in [0.29, 0.717) is 6.54 Å². The maximum Gasteiger partial charge on any atom is 0.175 e. The van der Waals surface area contributed by atoms with Crippen LogP contribution in [-0.4, -0.2) is 50.9 Å². The largest absolute Gasteiger partial charge is 0.396 e. The molecule has 4 N–H and O–H groups in total. The molecule has 0 aromatic rings. The molecule has 0 fully saturated rings. The predicted molar refractivity (Wildman–Crippen MR) is 59.6 cm³/mol. The van der Waals surface area contributed by atoms with Crippen LogP contribution in [0.15, 0.2) is 0 Å². The topological polar surface area (TPSA) is 76.7 Å². The first-order chi connectivity index (χ1) is 7.14. The van der Waals surface area contributed by atoms with Gasteiger partial charge in [-0.15, -0.1) is 0 Å². The third kappa shape index (κ3) is 4.90. The standard InChI is InChI=1S/C10H24N2O3/c1-10(8-11,9(14-2)15-3)12-6-4-5-7-13/h9,12-13H,4-8,11H2,1-3H3. The highest BCUT2D eigenvalue weighted by atomic mass is 16.7. The zero-order valence-electron chi connectivity index (χ0n) is 9.95.